The summed E-state index contributed by atoms with van der Waals surface area (Å²) in [7, 11) is 1.82. The molecule has 1 aromatic heterocycles. The molecule has 5 nitrogen and oxygen atoms in total. The van der Waals surface area contributed by atoms with Gasteiger partial charge in [0.2, 0.25) is 5.91 Å². The molecule has 118 valence electrons. The average Bonchev–Trinajstić information content (AvgIpc) is 2.91. The predicted octanol–water partition coefficient (Wildman–Crippen LogP) is 2.52. The van der Waals surface area contributed by atoms with Crippen LogP contribution in [-0.4, -0.2) is 21.6 Å². The lowest BCUT2D eigenvalue weighted by atomic mass is 10.1. The van der Waals surface area contributed by atoms with Gasteiger partial charge in [-0.05, 0) is 32.1 Å². The highest BCUT2D eigenvalue weighted by Gasteiger charge is 2.36. The number of carbonyl (C=O) groups is 2. The van der Waals surface area contributed by atoms with E-state index < -0.39 is 17.6 Å². The number of aromatic nitrogens is 2. The molecule has 2 amide bonds. The fourth-order valence-corrected chi connectivity index (χ4v) is 2.74. The molecule has 0 unspecified atom stereocenters. The number of imide groups is 1. The first kappa shape index (κ1) is 15.1. The van der Waals surface area contributed by atoms with Gasteiger partial charge >= 0.3 is 0 Å². The Morgan fingerprint density at radius 2 is 1.91 bits per heavy atom. The first-order valence-corrected chi connectivity index (χ1v) is 7.22. The molecule has 1 aliphatic rings. The molecule has 0 N–H and O–H groups in total. The summed E-state index contributed by atoms with van der Waals surface area (Å²) in [5.41, 5.74) is 2.84. The summed E-state index contributed by atoms with van der Waals surface area (Å²) in [6.45, 7) is 3.73. The molecule has 0 aliphatic carbocycles. The van der Waals surface area contributed by atoms with Gasteiger partial charge in [-0.15, -0.1) is 0 Å². The second-order valence-electron chi connectivity index (χ2n) is 5.54. The Hall–Kier alpha value is -2.76. The zero-order valence-electron chi connectivity index (χ0n) is 13.1. The van der Waals surface area contributed by atoms with Crippen LogP contribution < -0.4 is 4.90 Å². The van der Waals surface area contributed by atoms with Crippen LogP contribution in [0.4, 0.5) is 10.1 Å². The number of hydrogen-bond donors (Lipinski definition) is 0. The van der Waals surface area contributed by atoms with E-state index in [0.717, 1.165) is 21.9 Å². The average molecular weight is 313 g/mol. The quantitative estimate of drug-likeness (QED) is 0.632. The molecule has 1 saturated heterocycles. The topological polar surface area (TPSA) is 55.2 Å². The van der Waals surface area contributed by atoms with Crippen LogP contribution in [0.1, 0.15) is 23.4 Å². The summed E-state index contributed by atoms with van der Waals surface area (Å²) in [5.74, 6) is -1.50. The number of hydrogen-bond acceptors (Lipinski definition) is 3. The van der Waals surface area contributed by atoms with Gasteiger partial charge in [0.15, 0.2) is 0 Å². The van der Waals surface area contributed by atoms with Crippen molar-refractivity contribution >= 4 is 23.6 Å². The van der Waals surface area contributed by atoms with E-state index in [0.29, 0.717) is 5.57 Å². The van der Waals surface area contributed by atoms with Crippen molar-refractivity contribution in [2.45, 2.75) is 20.3 Å². The van der Waals surface area contributed by atoms with Crippen molar-refractivity contribution in [2.24, 2.45) is 7.05 Å². The first-order chi connectivity index (χ1) is 10.9. The molecular weight excluding hydrogens is 297 g/mol. The number of halogens is 1. The lowest BCUT2D eigenvalue weighted by Gasteiger charge is -2.13. The number of nitrogens with zero attached hydrogens (tertiary/aromatic N) is 3. The number of para-hydroxylation sites is 1. The van der Waals surface area contributed by atoms with Crippen LogP contribution in [-0.2, 0) is 16.6 Å². The van der Waals surface area contributed by atoms with E-state index in [9.17, 15) is 14.0 Å². The van der Waals surface area contributed by atoms with Crippen LogP contribution in [0, 0.1) is 19.7 Å². The van der Waals surface area contributed by atoms with Gasteiger partial charge < -0.3 is 0 Å². The molecule has 1 fully saturated rings. The highest BCUT2D eigenvalue weighted by molar-refractivity contribution is 6.29. The summed E-state index contributed by atoms with van der Waals surface area (Å²) in [4.78, 5) is 25.6. The van der Waals surface area contributed by atoms with Crippen molar-refractivity contribution in [1.29, 1.82) is 0 Å². The maximum Gasteiger partial charge on any atom is 0.261 e. The fraction of sp³-hybridized carbons (Fsp3) is 0.235. The fourth-order valence-electron chi connectivity index (χ4n) is 2.74. The number of rotatable bonds is 2. The van der Waals surface area contributed by atoms with Crippen molar-refractivity contribution in [2.75, 3.05) is 4.90 Å². The van der Waals surface area contributed by atoms with Crippen molar-refractivity contribution < 1.29 is 14.0 Å². The predicted molar refractivity (Wildman–Crippen MR) is 84.2 cm³/mol. The minimum absolute atomic E-state index is 0.00877. The molecule has 0 atom stereocenters. The summed E-state index contributed by atoms with van der Waals surface area (Å²) in [5, 5.41) is 4.29. The number of aryl methyl sites for hydroxylation is 2. The second kappa shape index (κ2) is 5.46. The van der Waals surface area contributed by atoms with Gasteiger partial charge in [0.05, 0.1) is 17.8 Å². The Labute approximate surface area is 133 Å². The van der Waals surface area contributed by atoms with Crippen LogP contribution in [0.15, 0.2) is 29.8 Å². The van der Waals surface area contributed by atoms with Gasteiger partial charge in [-0.1, -0.05) is 12.1 Å². The zero-order valence-corrected chi connectivity index (χ0v) is 13.1. The highest BCUT2D eigenvalue weighted by Crippen LogP contribution is 2.30. The minimum Gasteiger partial charge on any atom is -0.274 e. The Morgan fingerprint density at radius 1 is 1.22 bits per heavy atom. The van der Waals surface area contributed by atoms with E-state index in [4.69, 9.17) is 0 Å². The number of carbonyl (C=O) groups excluding carboxylic acids is 2. The smallest absolute Gasteiger partial charge is 0.261 e. The maximum atomic E-state index is 13.9. The standard InChI is InChI=1S/C17H16FN3O2/c1-10-13(11(2)20(3)19-10)8-12-9-16(22)21(17(12)23)15-7-5-4-6-14(15)18/h4-8H,9H2,1-3H3/b12-8+. The van der Waals surface area contributed by atoms with Gasteiger partial charge in [-0.3, -0.25) is 14.3 Å². The first-order valence-electron chi connectivity index (χ1n) is 7.22. The lowest BCUT2D eigenvalue weighted by Crippen LogP contribution is -2.29. The van der Waals surface area contributed by atoms with Crippen LogP contribution in [0.3, 0.4) is 0 Å². The third-order valence-electron chi connectivity index (χ3n) is 4.05. The van der Waals surface area contributed by atoms with Crippen LogP contribution in [0.2, 0.25) is 0 Å². The molecule has 3 rings (SSSR count). The molecule has 6 heteroatoms. The summed E-state index contributed by atoms with van der Waals surface area (Å²) in [6.07, 6.45) is 1.64. The normalized spacial score (nSPS) is 16.7. The van der Waals surface area contributed by atoms with Crippen LogP contribution in [0.25, 0.3) is 6.08 Å². The van der Waals surface area contributed by atoms with E-state index in [1.165, 1.54) is 18.2 Å². The number of anilines is 1. The number of amides is 2. The zero-order chi connectivity index (χ0) is 16.7. The highest BCUT2D eigenvalue weighted by atomic mass is 19.1. The second-order valence-corrected chi connectivity index (χ2v) is 5.54. The third-order valence-corrected chi connectivity index (χ3v) is 4.05. The molecular formula is C17H16FN3O2. The van der Waals surface area contributed by atoms with Gasteiger partial charge in [0.25, 0.3) is 5.91 Å². The SMILES string of the molecule is Cc1nn(C)c(C)c1/C=C1\CC(=O)N(c2ccccc2F)C1=O. The largest absolute Gasteiger partial charge is 0.274 e. The minimum atomic E-state index is -0.593. The molecule has 23 heavy (non-hydrogen) atoms. The molecule has 0 spiro atoms. The van der Waals surface area contributed by atoms with E-state index >= 15 is 0 Å². The number of benzene rings is 1. The molecule has 2 aromatic rings. The van der Waals surface area contributed by atoms with Crippen molar-refractivity contribution in [3.63, 3.8) is 0 Å². The Bertz CT molecular complexity index is 852. The third kappa shape index (κ3) is 2.46. The summed E-state index contributed by atoms with van der Waals surface area (Å²) < 4.78 is 15.6. The molecule has 0 saturated carbocycles. The summed E-state index contributed by atoms with van der Waals surface area (Å²) in [6, 6.07) is 5.76. The molecule has 0 radical (unpaired) electrons. The van der Waals surface area contributed by atoms with E-state index in [1.54, 1.807) is 16.8 Å². The lowest BCUT2D eigenvalue weighted by molar-refractivity contribution is -0.120. The monoisotopic (exact) mass is 313 g/mol. The Balaban J connectivity index is 2.02. The van der Waals surface area contributed by atoms with Crippen LogP contribution >= 0.6 is 0 Å². The van der Waals surface area contributed by atoms with Crippen LogP contribution in [0.5, 0.6) is 0 Å². The van der Waals surface area contributed by atoms with Gasteiger partial charge in [-0.2, -0.15) is 5.10 Å². The molecule has 2 heterocycles. The molecule has 1 aromatic carbocycles. The van der Waals surface area contributed by atoms with Gasteiger partial charge in [0.1, 0.15) is 5.82 Å². The van der Waals surface area contributed by atoms with E-state index in [2.05, 4.69) is 5.10 Å². The maximum absolute atomic E-state index is 13.9. The summed E-state index contributed by atoms with van der Waals surface area (Å²) >= 11 is 0. The Morgan fingerprint density at radius 3 is 2.52 bits per heavy atom. The van der Waals surface area contributed by atoms with E-state index in [1.807, 2.05) is 20.9 Å². The van der Waals surface area contributed by atoms with Gasteiger partial charge in [-0.25, -0.2) is 9.29 Å². The van der Waals surface area contributed by atoms with Crippen molar-refractivity contribution in [3.8, 4) is 0 Å². The molecule has 0 bridgehead atoms. The molecule has 1 aliphatic heterocycles. The van der Waals surface area contributed by atoms with Crippen molar-refractivity contribution in [1.82, 2.24) is 9.78 Å². The van der Waals surface area contributed by atoms with E-state index in [-0.39, 0.29) is 12.1 Å². The Kier molecular flexibility index (Phi) is 3.60. The van der Waals surface area contributed by atoms with Crippen molar-refractivity contribution in [3.05, 3.63) is 52.6 Å². The van der Waals surface area contributed by atoms with Gasteiger partial charge in [0, 0.05) is 23.9 Å².